The summed E-state index contributed by atoms with van der Waals surface area (Å²) in [6.07, 6.45) is 6.71. The van der Waals surface area contributed by atoms with Crippen LogP contribution in [0.25, 0.3) is 0 Å². The number of ketones is 1. The second-order valence-electron chi connectivity index (χ2n) is 8.27. The van der Waals surface area contributed by atoms with Crippen molar-refractivity contribution in [2.75, 3.05) is 21.2 Å². The van der Waals surface area contributed by atoms with Crippen molar-refractivity contribution in [1.82, 2.24) is 4.90 Å². The van der Waals surface area contributed by atoms with Crippen LogP contribution in [0.1, 0.15) is 48.9 Å². The number of methoxy groups -OCH3 is 1. The highest BCUT2D eigenvalue weighted by Crippen LogP contribution is 2.48. The van der Waals surface area contributed by atoms with E-state index in [9.17, 15) is 14.7 Å². The third kappa shape index (κ3) is 4.46. The maximum Gasteiger partial charge on any atom is 0.222 e. The Morgan fingerprint density at radius 2 is 1.89 bits per heavy atom. The van der Waals surface area contributed by atoms with Gasteiger partial charge in [0.25, 0.3) is 0 Å². The van der Waals surface area contributed by atoms with Crippen molar-refractivity contribution in [3.63, 3.8) is 0 Å². The molecule has 1 fully saturated rings. The number of carbonyl (C=O) groups excluding carboxylic acids is 2. The van der Waals surface area contributed by atoms with Crippen LogP contribution >= 0.6 is 0 Å². The lowest BCUT2D eigenvalue weighted by molar-refractivity contribution is -0.128. The lowest BCUT2D eigenvalue weighted by atomic mass is 9.83. The van der Waals surface area contributed by atoms with Crippen molar-refractivity contribution in [2.45, 2.75) is 44.6 Å². The molecule has 3 rings (SSSR count). The summed E-state index contributed by atoms with van der Waals surface area (Å²) in [4.78, 5) is 26.3. The summed E-state index contributed by atoms with van der Waals surface area (Å²) in [6.45, 7) is 0. The Balaban J connectivity index is 1.56. The predicted octanol–water partition coefficient (Wildman–Crippen LogP) is 3.47. The van der Waals surface area contributed by atoms with E-state index in [1.54, 1.807) is 50.4 Å². The van der Waals surface area contributed by atoms with Gasteiger partial charge >= 0.3 is 0 Å². The molecule has 5 nitrogen and oxygen atoms in total. The van der Waals surface area contributed by atoms with Gasteiger partial charge in [-0.05, 0) is 68.2 Å². The number of carbonyl (C=O) groups is 2. The third-order valence-corrected chi connectivity index (χ3v) is 6.20. The quantitative estimate of drug-likeness (QED) is 0.423. The Morgan fingerprint density at radius 3 is 2.54 bits per heavy atom. The molecule has 0 radical (unpaired) electrons. The van der Waals surface area contributed by atoms with E-state index in [1.807, 2.05) is 0 Å². The Morgan fingerprint density at radius 1 is 1.18 bits per heavy atom. The molecule has 2 aliphatic carbocycles. The zero-order valence-electron chi connectivity index (χ0n) is 17.1. The Bertz CT molecular complexity index is 737. The van der Waals surface area contributed by atoms with Gasteiger partial charge in [-0.15, -0.1) is 0 Å². The van der Waals surface area contributed by atoms with E-state index in [-0.39, 0.29) is 23.5 Å². The molecule has 0 aliphatic heterocycles. The molecule has 1 aromatic rings. The summed E-state index contributed by atoms with van der Waals surface area (Å²) >= 11 is 0. The summed E-state index contributed by atoms with van der Waals surface area (Å²) in [5.74, 6) is 1.09. The van der Waals surface area contributed by atoms with Crippen molar-refractivity contribution in [3.05, 3.63) is 41.5 Å². The second kappa shape index (κ2) is 8.91. The number of hydrogen-bond donors (Lipinski definition) is 1. The minimum atomic E-state index is -0.569. The minimum Gasteiger partial charge on any atom is -0.497 e. The van der Waals surface area contributed by atoms with Gasteiger partial charge in [-0.3, -0.25) is 9.59 Å². The van der Waals surface area contributed by atoms with Gasteiger partial charge in [-0.2, -0.15) is 0 Å². The van der Waals surface area contributed by atoms with Crippen molar-refractivity contribution in [1.29, 1.82) is 0 Å². The summed E-state index contributed by atoms with van der Waals surface area (Å²) < 4.78 is 5.16. The molecule has 0 unspecified atom stereocenters. The summed E-state index contributed by atoms with van der Waals surface area (Å²) in [5, 5.41) is 10.5. The van der Waals surface area contributed by atoms with Crippen LogP contribution in [0.4, 0.5) is 0 Å². The zero-order chi connectivity index (χ0) is 20.3. The van der Waals surface area contributed by atoms with Crippen molar-refractivity contribution in [3.8, 4) is 5.75 Å². The van der Waals surface area contributed by atoms with Crippen LogP contribution in [-0.2, 0) is 4.79 Å². The Kier molecular flexibility index (Phi) is 6.55. The number of ether oxygens (including phenoxy) is 1. The largest absolute Gasteiger partial charge is 0.497 e. The molecule has 1 saturated carbocycles. The maximum atomic E-state index is 13.0. The molecule has 0 spiro atoms. The van der Waals surface area contributed by atoms with Gasteiger partial charge in [-0.1, -0.05) is 11.6 Å². The van der Waals surface area contributed by atoms with E-state index in [2.05, 4.69) is 6.08 Å². The number of aliphatic hydroxyl groups excluding tert-OH is 1. The summed E-state index contributed by atoms with van der Waals surface area (Å²) in [7, 11) is 5.17. The third-order valence-electron chi connectivity index (χ3n) is 6.20. The van der Waals surface area contributed by atoms with Crippen LogP contribution in [0.3, 0.4) is 0 Å². The van der Waals surface area contributed by atoms with Crippen LogP contribution in [-0.4, -0.2) is 49.0 Å². The molecule has 0 saturated heterocycles. The predicted molar refractivity (Wildman–Crippen MR) is 108 cm³/mol. The fraction of sp³-hybridized carbons (Fsp3) is 0.565. The molecular formula is C23H31NO4. The minimum absolute atomic E-state index is 0.0360. The normalized spacial score (nSPS) is 25.9. The molecule has 4 atom stereocenters. The summed E-state index contributed by atoms with van der Waals surface area (Å²) in [5.41, 5.74) is 2.02. The first-order valence-electron chi connectivity index (χ1n) is 10.2. The fourth-order valence-electron chi connectivity index (χ4n) is 4.65. The smallest absolute Gasteiger partial charge is 0.222 e. The number of Topliss-reactive ketones (excluding diaryl/α,β-unsaturated/α-hetero) is 1. The first kappa shape index (κ1) is 20.6. The number of unbranched alkanes of at least 4 members (excludes halogenated alkanes) is 1. The maximum absolute atomic E-state index is 13.0. The number of fused-ring (bicyclic) bond motifs is 1. The fourth-order valence-corrected chi connectivity index (χ4v) is 4.65. The SMILES string of the molecule is COc1ccc(C(=O)[C@@H]2[C@H]3CC(CCCCC(=O)N(C)C)=C[C@H]3C[C@H]2O)cc1. The molecule has 5 heteroatoms. The monoisotopic (exact) mass is 385 g/mol. The first-order chi connectivity index (χ1) is 13.4. The lowest BCUT2D eigenvalue weighted by Crippen LogP contribution is -2.28. The van der Waals surface area contributed by atoms with E-state index < -0.39 is 6.10 Å². The van der Waals surface area contributed by atoms with Gasteiger partial charge in [0, 0.05) is 26.1 Å². The van der Waals surface area contributed by atoms with Crippen LogP contribution in [0, 0.1) is 17.8 Å². The number of nitrogens with zero attached hydrogens (tertiary/aromatic N) is 1. The molecule has 0 aromatic heterocycles. The molecular weight excluding hydrogens is 354 g/mol. The second-order valence-corrected chi connectivity index (χ2v) is 8.27. The van der Waals surface area contributed by atoms with Crippen LogP contribution in [0.15, 0.2) is 35.9 Å². The number of allylic oxidation sites excluding steroid dienone is 2. The van der Waals surface area contributed by atoms with E-state index in [4.69, 9.17) is 4.74 Å². The average molecular weight is 386 g/mol. The average Bonchev–Trinajstić information content (AvgIpc) is 3.20. The summed E-state index contributed by atoms with van der Waals surface area (Å²) in [6, 6.07) is 7.15. The molecule has 152 valence electrons. The highest BCUT2D eigenvalue weighted by atomic mass is 16.5. The molecule has 0 heterocycles. The van der Waals surface area contributed by atoms with Crippen molar-refractivity contribution >= 4 is 11.7 Å². The van der Waals surface area contributed by atoms with E-state index in [1.165, 1.54) is 5.57 Å². The lowest BCUT2D eigenvalue weighted by Gasteiger charge is -2.21. The number of amides is 1. The van der Waals surface area contributed by atoms with Gasteiger partial charge in [0.15, 0.2) is 5.78 Å². The van der Waals surface area contributed by atoms with Crippen LogP contribution in [0.5, 0.6) is 5.75 Å². The van der Waals surface area contributed by atoms with E-state index in [0.717, 1.165) is 31.4 Å². The van der Waals surface area contributed by atoms with Gasteiger partial charge in [0.2, 0.25) is 5.91 Å². The van der Waals surface area contributed by atoms with Crippen LogP contribution < -0.4 is 4.74 Å². The molecule has 0 bridgehead atoms. The van der Waals surface area contributed by atoms with Gasteiger partial charge < -0.3 is 14.7 Å². The van der Waals surface area contributed by atoms with Crippen LogP contribution in [0.2, 0.25) is 0 Å². The number of aliphatic hydroxyl groups is 1. The molecule has 1 amide bonds. The first-order valence-corrected chi connectivity index (χ1v) is 10.2. The molecule has 1 aromatic carbocycles. The highest BCUT2D eigenvalue weighted by Gasteiger charge is 2.47. The van der Waals surface area contributed by atoms with Gasteiger partial charge in [0.05, 0.1) is 19.1 Å². The zero-order valence-corrected chi connectivity index (χ0v) is 17.1. The number of benzene rings is 1. The number of hydrogen-bond acceptors (Lipinski definition) is 4. The van der Waals surface area contributed by atoms with Crippen molar-refractivity contribution < 1.29 is 19.4 Å². The molecule has 1 N–H and O–H groups in total. The van der Waals surface area contributed by atoms with E-state index >= 15 is 0 Å². The van der Waals surface area contributed by atoms with Gasteiger partial charge in [0.1, 0.15) is 5.75 Å². The molecule has 2 aliphatic rings. The van der Waals surface area contributed by atoms with Gasteiger partial charge in [-0.25, -0.2) is 0 Å². The molecule has 28 heavy (non-hydrogen) atoms. The van der Waals surface area contributed by atoms with E-state index in [0.29, 0.717) is 24.3 Å². The number of rotatable bonds is 8. The Labute approximate surface area is 167 Å². The topological polar surface area (TPSA) is 66.8 Å². The van der Waals surface area contributed by atoms with Crippen molar-refractivity contribution in [2.24, 2.45) is 17.8 Å². The standard InChI is InChI=1S/C23H31NO4/c1-24(2)21(26)7-5-4-6-15-12-17-14-20(25)22(19(17)13-15)23(27)16-8-10-18(28-3)11-9-16/h8-12,17,19-20,22,25H,4-7,13-14H2,1-3H3/t17-,19-,20+,22+/m0/s1. The highest BCUT2D eigenvalue weighted by molar-refractivity contribution is 5.98. The Hall–Kier alpha value is -2.14.